The third-order valence-corrected chi connectivity index (χ3v) is 5.38. The predicted octanol–water partition coefficient (Wildman–Crippen LogP) is 5.22. The molecule has 0 fully saturated rings. The van der Waals surface area contributed by atoms with Gasteiger partial charge in [0.25, 0.3) is 5.91 Å². The Morgan fingerprint density at radius 3 is 2.36 bits per heavy atom. The molecule has 0 atom stereocenters. The molecule has 7 nitrogen and oxygen atoms in total. The number of carbonyl (C=O) groups is 3. The van der Waals surface area contributed by atoms with E-state index in [9.17, 15) is 14.4 Å². The van der Waals surface area contributed by atoms with Crippen LogP contribution in [0.1, 0.15) is 16.1 Å². The summed E-state index contributed by atoms with van der Waals surface area (Å²) in [5.74, 6) is -2.36. The zero-order valence-corrected chi connectivity index (χ0v) is 18.9. The molecule has 3 N–H and O–H groups in total. The average molecular weight is 481 g/mol. The number of fused-ring (bicyclic) bond motifs is 1. The molecule has 1 heterocycles. The first-order valence-electron chi connectivity index (χ1n) is 9.88. The second-order valence-corrected chi connectivity index (χ2v) is 8.11. The van der Waals surface area contributed by atoms with Crippen LogP contribution in [0.2, 0.25) is 10.0 Å². The number of aryl methyl sites for hydroxylation is 1. The fourth-order valence-corrected chi connectivity index (χ4v) is 3.65. The van der Waals surface area contributed by atoms with Gasteiger partial charge in [-0.25, -0.2) is 4.68 Å². The van der Waals surface area contributed by atoms with Gasteiger partial charge < -0.3 is 10.6 Å². The standard InChI is InChI=1S/C24H18Cl2N4O3/c1-14-5-4-6-17(11-14)27-23(32)24(33)29-30-20-10-9-16(25)12-15(20)13-21(30)22(31)28-19-8-3-2-7-18(19)26/h2-13H,1H3,(H,27,32)(H,28,31)(H,29,33). The summed E-state index contributed by atoms with van der Waals surface area (Å²) in [5.41, 5.74) is 4.89. The summed E-state index contributed by atoms with van der Waals surface area (Å²) < 4.78 is 1.25. The number of hydrogen-bond donors (Lipinski definition) is 3. The number of benzene rings is 3. The first-order valence-corrected chi connectivity index (χ1v) is 10.6. The highest BCUT2D eigenvalue weighted by molar-refractivity contribution is 6.42. The van der Waals surface area contributed by atoms with Gasteiger partial charge >= 0.3 is 11.8 Å². The van der Waals surface area contributed by atoms with E-state index in [1.807, 2.05) is 13.0 Å². The molecule has 4 rings (SSSR count). The number of nitrogens with zero attached hydrogens (tertiary/aromatic N) is 1. The van der Waals surface area contributed by atoms with Gasteiger partial charge in [0, 0.05) is 16.1 Å². The van der Waals surface area contributed by atoms with E-state index >= 15 is 0 Å². The van der Waals surface area contributed by atoms with E-state index < -0.39 is 17.7 Å². The van der Waals surface area contributed by atoms with Crippen molar-refractivity contribution in [2.24, 2.45) is 0 Å². The molecule has 0 aliphatic rings. The van der Waals surface area contributed by atoms with Gasteiger partial charge in [0.2, 0.25) is 0 Å². The SMILES string of the molecule is Cc1cccc(NC(=O)C(=O)Nn2c(C(=O)Nc3ccccc3Cl)cc3cc(Cl)ccc32)c1. The van der Waals surface area contributed by atoms with E-state index in [1.165, 1.54) is 4.68 Å². The van der Waals surface area contributed by atoms with Crippen LogP contribution in [0.15, 0.2) is 72.8 Å². The molecule has 166 valence electrons. The van der Waals surface area contributed by atoms with Crippen LogP contribution in [0.5, 0.6) is 0 Å². The summed E-state index contributed by atoms with van der Waals surface area (Å²) >= 11 is 12.2. The van der Waals surface area contributed by atoms with Crippen LogP contribution in [-0.4, -0.2) is 22.4 Å². The number of amides is 3. The second kappa shape index (κ2) is 9.36. The molecule has 0 aliphatic carbocycles. The highest BCUT2D eigenvalue weighted by Gasteiger charge is 2.21. The number of rotatable bonds is 4. The summed E-state index contributed by atoms with van der Waals surface area (Å²) in [5, 5.41) is 6.68. The Morgan fingerprint density at radius 2 is 1.61 bits per heavy atom. The average Bonchev–Trinajstić information content (AvgIpc) is 3.12. The van der Waals surface area contributed by atoms with Crippen LogP contribution in [0.3, 0.4) is 0 Å². The maximum atomic E-state index is 13.0. The maximum Gasteiger partial charge on any atom is 0.328 e. The molecule has 0 unspecified atom stereocenters. The topological polar surface area (TPSA) is 92.2 Å². The molecule has 3 aromatic carbocycles. The van der Waals surface area contributed by atoms with Crippen LogP contribution in [0, 0.1) is 6.92 Å². The number of aromatic nitrogens is 1. The van der Waals surface area contributed by atoms with Gasteiger partial charge in [0.05, 0.1) is 16.2 Å². The van der Waals surface area contributed by atoms with E-state index in [-0.39, 0.29) is 5.69 Å². The van der Waals surface area contributed by atoms with Crippen LogP contribution in [0.25, 0.3) is 10.9 Å². The smallest absolute Gasteiger partial charge is 0.319 e. The lowest BCUT2D eigenvalue weighted by Gasteiger charge is -2.13. The molecule has 0 bridgehead atoms. The Hall–Kier alpha value is -3.81. The normalized spacial score (nSPS) is 10.6. The molecule has 0 spiro atoms. The molecule has 3 amide bonds. The van der Waals surface area contributed by atoms with Crippen LogP contribution in [-0.2, 0) is 9.59 Å². The van der Waals surface area contributed by atoms with Crippen molar-refractivity contribution in [2.75, 3.05) is 16.1 Å². The van der Waals surface area contributed by atoms with Crippen molar-refractivity contribution in [2.45, 2.75) is 6.92 Å². The third kappa shape index (κ3) is 5.00. The third-order valence-electron chi connectivity index (χ3n) is 4.81. The number of nitrogens with one attached hydrogen (secondary N) is 3. The van der Waals surface area contributed by atoms with Gasteiger partial charge in [-0.3, -0.25) is 19.8 Å². The van der Waals surface area contributed by atoms with Gasteiger partial charge in [0.15, 0.2) is 0 Å². The van der Waals surface area contributed by atoms with E-state index in [2.05, 4.69) is 16.1 Å². The Kier molecular flexibility index (Phi) is 6.35. The molecule has 4 aromatic rings. The van der Waals surface area contributed by atoms with E-state index in [0.717, 1.165) is 5.56 Å². The van der Waals surface area contributed by atoms with Gasteiger partial charge in [-0.1, -0.05) is 47.5 Å². The van der Waals surface area contributed by atoms with Crippen LogP contribution < -0.4 is 16.1 Å². The van der Waals surface area contributed by atoms with Crippen molar-refractivity contribution in [3.8, 4) is 0 Å². The predicted molar refractivity (Wildman–Crippen MR) is 131 cm³/mol. The van der Waals surface area contributed by atoms with E-state index in [4.69, 9.17) is 23.2 Å². The molecule has 0 saturated heterocycles. The van der Waals surface area contributed by atoms with Crippen molar-refractivity contribution < 1.29 is 14.4 Å². The van der Waals surface area contributed by atoms with Crippen LogP contribution >= 0.6 is 23.2 Å². The maximum absolute atomic E-state index is 13.0. The number of halogens is 2. The summed E-state index contributed by atoms with van der Waals surface area (Å²) in [6.07, 6.45) is 0. The lowest BCUT2D eigenvalue weighted by molar-refractivity contribution is -0.133. The number of anilines is 2. The summed E-state index contributed by atoms with van der Waals surface area (Å²) in [6, 6.07) is 20.3. The minimum Gasteiger partial charge on any atom is -0.319 e. The monoisotopic (exact) mass is 480 g/mol. The highest BCUT2D eigenvalue weighted by atomic mass is 35.5. The first kappa shape index (κ1) is 22.4. The lowest BCUT2D eigenvalue weighted by atomic mass is 10.2. The van der Waals surface area contributed by atoms with Crippen molar-refractivity contribution in [1.29, 1.82) is 0 Å². The minimum atomic E-state index is -0.948. The Morgan fingerprint density at radius 1 is 0.818 bits per heavy atom. The first-order chi connectivity index (χ1) is 15.8. The van der Waals surface area contributed by atoms with Crippen molar-refractivity contribution in [3.63, 3.8) is 0 Å². The Bertz CT molecular complexity index is 1400. The molecule has 1 aromatic heterocycles. The quantitative estimate of drug-likeness (QED) is 0.349. The molecule has 9 heteroatoms. The van der Waals surface area contributed by atoms with Crippen LogP contribution in [0.4, 0.5) is 11.4 Å². The molecular formula is C24H18Cl2N4O3. The zero-order valence-electron chi connectivity index (χ0n) is 17.4. The largest absolute Gasteiger partial charge is 0.328 e. The molecule has 0 saturated carbocycles. The number of carbonyl (C=O) groups excluding carboxylic acids is 3. The molecule has 33 heavy (non-hydrogen) atoms. The fraction of sp³-hybridized carbons (Fsp3) is 0.0417. The summed E-state index contributed by atoms with van der Waals surface area (Å²) in [6.45, 7) is 1.87. The summed E-state index contributed by atoms with van der Waals surface area (Å²) in [7, 11) is 0. The van der Waals surface area contributed by atoms with Crippen molar-refractivity contribution in [1.82, 2.24) is 4.68 Å². The van der Waals surface area contributed by atoms with Crippen molar-refractivity contribution in [3.05, 3.63) is 94.1 Å². The highest BCUT2D eigenvalue weighted by Crippen LogP contribution is 2.25. The Labute approximate surface area is 199 Å². The van der Waals surface area contributed by atoms with E-state index in [1.54, 1.807) is 66.7 Å². The summed E-state index contributed by atoms with van der Waals surface area (Å²) in [4.78, 5) is 38.2. The minimum absolute atomic E-state index is 0.0869. The van der Waals surface area contributed by atoms with Gasteiger partial charge in [-0.15, -0.1) is 0 Å². The molecular weight excluding hydrogens is 463 g/mol. The van der Waals surface area contributed by atoms with Gasteiger partial charge in [-0.2, -0.15) is 0 Å². The molecule has 0 aliphatic heterocycles. The van der Waals surface area contributed by atoms with Gasteiger partial charge in [0.1, 0.15) is 5.69 Å². The van der Waals surface area contributed by atoms with Gasteiger partial charge in [-0.05, 0) is 61.0 Å². The van der Waals surface area contributed by atoms with E-state index in [0.29, 0.717) is 32.3 Å². The lowest BCUT2D eigenvalue weighted by Crippen LogP contribution is -2.36. The number of para-hydroxylation sites is 1. The number of hydrogen-bond acceptors (Lipinski definition) is 3. The zero-order chi connectivity index (χ0) is 23.5. The Balaban J connectivity index is 1.64. The fourth-order valence-electron chi connectivity index (χ4n) is 3.29. The van der Waals surface area contributed by atoms with Crippen molar-refractivity contribution >= 4 is 63.2 Å². The second-order valence-electron chi connectivity index (χ2n) is 7.27. The molecule has 0 radical (unpaired) electrons.